The van der Waals surface area contributed by atoms with Gasteiger partial charge in [0.15, 0.2) is 0 Å². The van der Waals surface area contributed by atoms with Gasteiger partial charge in [-0.15, -0.1) is 0 Å². The maximum Gasteiger partial charge on any atom is 0.310 e. The van der Waals surface area contributed by atoms with Crippen LogP contribution in [0, 0.1) is 5.82 Å². The Hall–Kier alpha value is -2.74. The Morgan fingerprint density at radius 1 is 1.08 bits per heavy atom. The first-order valence-corrected chi connectivity index (χ1v) is 8.90. The van der Waals surface area contributed by atoms with E-state index < -0.39 is 27.7 Å². The number of hydrogen-bond acceptors (Lipinski definition) is 5. The second kappa shape index (κ2) is 6.64. The first-order chi connectivity index (χ1) is 11.9. The highest BCUT2D eigenvalue weighted by Crippen LogP contribution is 2.29. The van der Waals surface area contributed by atoms with Crippen LogP contribution >= 0.6 is 0 Å². The van der Waals surface area contributed by atoms with Crippen molar-refractivity contribution in [2.45, 2.75) is 11.3 Å². The number of rotatable bonds is 5. The monoisotopic (exact) mass is 363 g/mol. The maximum absolute atomic E-state index is 13.5. The van der Waals surface area contributed by atoms with Gasteiger partial charge in [-0.2, -0.15) is 0 Å². The molecule has 2 aromatic rings. The highest BCUT2D eigenvalue weighted by molar-refractivity contribution is 7.90. The molecule has 130 valence electrons. The van der Waals surface area contributed by atoms with Crippen molar-refractivity contribution in [3.63, 3.8) is 0 Å². The zero-order valence-corrected chi connectivity index (χ0v) is 13.8. The second-order valence-electron chi connectivity index (χ2n) is 5.37. The van der Waals surface area contributed by atoms with Crippen molar-refractivity contribution in [1.29, 1.82) is 0 Å². The summed E-state index contributed by atoms with van der Waals surface area (Å²) in [5, 5.41) is 0. The van der Waals surface area contributed by atoms with Crippen LogP contribution in [0.3, 0.4) is 0 Å². The molecule has 1 aliphatic heterocycles. The third-order valence-electron chi connectivity index (χ3n) is 3.76. The molecule has 0 saturated carbocycles. The molecule has 0 N–H and O–H groups in total. The van der Waals surface area contributed by atoms with E-state index in [1.165, 1.54) is 36.4 Å². The molecule has 0 aromatic heterocycles. The number of carbonyl (C=O) groups is 2. The first-order valence-electron chi connectivity index (χ1n) is 7.46. The highest BCUT2D eigenvalue weighted by Gasteiger charge is 2.40. The number of nitrogens with zero attached hydrogens (tertiary/aromatic N) is 1. The molecule has 0 spiro atoms. The van der Waals surface area contributed by atoms with E-state index in [1.807, 2.05) is 0 Å². The SMILES string of the molecule is O=C(Cc1ccccc1F)OCCN1C(=O)c2ccccc2S1(=O)=O. The van der Waals surface area contributed by atoms with Gasteiger partial charge < -0.3 is 4.74 Å². The van der Waals surface area contributed by atoms with Crippen LogP contribution in [-0.2, 0) is 26.0 Å². The Morgan fingerprint density at radius 3 is 2.48 bits per heavy atom. The van der Waals surface area contributed by atoms with Gasteiger partial charge >= 0.3 is 5.97 Å². The summed E-state index contributed by atoms with van der Waals surface area (Å²) in [6.45, 7) is -0.592. The van der Waals surface area contributed by atoms with E-state index in [2.05, 4.69) is 0 Å². The van der Waals surface area contributed by atoms with Crippen molar-refractivity contribution in [3.05, 3.63) is 65.5 Å². The zero-order valence-electron chi connectivity index (χ0n) is 13.0. The van der Waals surface area contributed by atoms with Crippen molar-refractivity contribution < 1.29 is 27.1 Å². The molecule has 1 heterocycles. The van der Waals surface area contributed by atoms with E-state index in [-0.39, 0.29) is 35.6 Å². The molecule has 0 unspecified atom stereocenters. The Balaban J connectivity index is 1.61. The van der Waals surface area contributed by atoms with Crippen LogP contribution in [0.5, 0.6) is 0 Å². The third kappa shape index (κ3) is 3.25. The molecule has 25 heavy (non-hydrogen) atoms. The van der Waals surface area contributed by atoms with Gasteiger partial charge in [-0.25, -0.2) is 17.1 Å². The molecule has 0 bridgehead atoms. The van der Waals surface area contributed by atoms with Crippen molar-refractivity contribution in [3.8, 4) is 0 Å². The quantitative estimate of drug-likeness (QED) is 0.756. The molecular formula is C17H14FNO5S. The van der Waals surface area contributed by atoms with Gasteiger partial charge in [0.1, 0.15) is 17.3 Å². The molecule has 1 amide bonds. The topological polar surface area (TPSA) is 80.8 Å². The number of carbonyl (C=O) groups excluding carboxylic acids is 2. The zero-order chi connectivity index (χ0) is 18.0. The van der Waals surface area contributed by atoms with Crippen molar-refractivity contribution >= 4 is 21.9 Å². The van der Waals surface area contributed by atoms with Crippen LogP contribution in [0.25, 0.3) is 0 Å². The fourth-order valence-corrected chi connectivity index (χ4v) is 4.10. The number of amides is 1. The summed E-state index contributed by atoms with van der Waals surface area (Å²) < 4.78 is 43.7. The molecule has 8 heteroatoms. The first kappa shape index (κ1) is 17.1. The van der Waals surface area contributed by atoms with Crippen molar-refractivity contribution in [1.82, 2.24) is 4.31 Å². The van der Waals surface area contributed by atoms with Gasteiger partial charge in [0.25, 0.3) is 15.9 Å². The molecule has 6 nitrogen and oxygen atoms in total. The number of fused-ring (bicyclic) bond motifs is 1. The van der Waals surface area contributed by atoms with Gasteiger partial charge in [0, 0.05) is 0 Å². The summed E-state index contributed by atoms with van der Waals surface area (Å²) in [6.07, 6.45) is -0.270. The summed E-state index contributed by atoms with van der Waals surface area (Å²) >= 11 is 0. The van der Waals surface area contributed by atoms with Gasteiger partial charge in [-0.05, 0) is 23.8 Å². The molecule has 3 rings (SSSR count). The molecule has 0 radical (unpaired) electrons. The Labute approximate surface area is 143 Å². The predicted molar refractivity (Wildman–Crippen MR) is 85.7 cm³/mol. The van der Waals surface area contributed by atoms with E-state index in [4.69, 9.17) is 4.74 Å². The van der Waals surface area contributed by atoms with Gasteiger partial charge in [-0.1, -0.05) is 30.3 Å². The predicted octanol–water partition coefficient (Wildman–Crippen LogP) is 1.76. The summed E-state index contributed by atoms with van der Waals surface area (Å²) in [5.74, 6) is -1.88. The van der Waals surface area contributed by atoms with Crippen molar-refractivity contribution in [2.24, 2.45) is 0 Å². The minimum atomic E-state index is -3.93. The summed E-state index contributed by atoms with van der Waals surface area (Å²) in [7, 11) is -3.93. The van der Waals surface area contributed by atoms with Crippen LogP contribution in [0.1, 0.15) is 15.9 Å². The minimum Gasteiger partial charge on any atom is -0.463 e. The van der Waals surface area contributed by atoms with E-state index in [9.17, 15) is 22.4 Å². The molecule has 2 aromatic carbocycles. The number of hydrogen-bond donors (Lipinski definition) is 0. The van der Waals surface area contributed by atoms with Gasteiger partial charge in [0.2, 0.25) is 0 Å². The second-order valence-corrected chi connectivity index (χ2v) is 7.20. The van der Waals surface area contributed by atoms with E-state index in [0.717, 1.165) is 0 Å². The van der Waals surface area contributed by atoms with E-state index in [0.29, 0.717) is 4.31 Å². The van der Waals surface area contributed by atoms with Crippen LogP contribution in [0.2, 0.25) is 0 Å². The van der Waals surface area contributed by atoms with Crippen LogP contribution < -0.4 is 0 Å². The Kier molecular flexibility index (Phi) is 4.54. The lowest BCUT2D eigenvalue weighted by Crippen LogP contribution is -2.33. The smallest absolute Gasteiger partial charge is 0.310 e. The fraction of sp³-hybridized carbons (Fsp3) is 0.176. The summed E-state index contributed by atoms with van der Waals surface area (Å²) in [6, 6.07) is 11.7. The lowest BCUT2D eigenvalue weighted by atomic mass is 10.1. The molecular weight excluding hydrogens is 349 g/mol. The molecule has 0 saturated heterocycles. The molecule has 1 aliphatic rings. The van der Waals surface area contributed by atoms with Crippen LogP contribution in [0.15, 0.2) is 53.4 Å². The van der Waals surface area contributed by atoms with Crippen molar-refractivity contribution in [2.75, 3.05) is 13.2 Å². The maximum atomic E-state index is 13.5. The number of sulfonamides is 1. The highest BCUT2D eigenvalue weighted by atomic mass is 32.2. The Morgan fingerprint density at radius 2 is 1.76 bits per heavy atom. The fourth-order valence-electron chi connectivity index (χ4n) is 2.54. The van der Waals surface area contributed by atoms with Crippen LogP contribution in [0.4, 0.5) is 4.39 Å². The summed E-state index contributed by atoms with van der Waals surface area (Å²) in [5.41, 5.74) is 0.282. The summed E-state index contributed by atoms with van der Waals surface area (Å²) in [4.78, 5) is 23.9. The number of esters is 1. The van der Waals surface area contributed by atoms with E-state index >= 15 is 0 Å². The normalized spacial score (nSPS) is 15.1. The van der Waals surface area contributed by atoms with E-state index in [1.54, 1.807) is 12.1 Å². The average Bonchev–Trinajstić information content (AvgIpc) is 2.78. The third-order valence-corrected chi connectivity index (χ3v) is 5.60. The number of ether oxygens (including phenoxy) is 1. The largest absolute Gasteiger partial charge is 0.463 e. The van der Waals surface area contributed by atoms with Crippen LogP contribution in [-0.4, -0.2) is 37.8 Å². The molecule has 0 atom stereocenters. The Bertz CT molecular complexity index is 942. The van der Waals surface area contributed by atoms with Gasteiger partial charge in [-0.3, -0.25) is 9.59 Å². The molecule has 0 fully saturated rings. The minimum absolute atomic E-state index is 0.0577. The van der Waals surface area contributed by atoms with Gasteiger partial charge in [0.05, 0.1) is 18.5 Å². The lowest BCUT2D eigenvalue weighted by Gasteiger charge is -2.15. The standard InChI is InChI=1S/C17H14FNO5S/c18-14-7-3-1-5-12(14)11-16(20)24-10-9-19-17(21)13-6-2-4-8-15(13)25(19,22)23/h1-8H,9-11H2. The lowest BCUT2D eigenvalue weighted by molar-refractivity contribution is -0.142. The number of halogens is 1. The number of benzene rings is 2. The molecule has 0 aliphatic carbocycles. The average molecular weight is 363 g/mol.